The zero-order chi connectivity index (χ0) is 21.4. The lowest BCUT2D eigenvalue weighted by Crippen LogP contribution is -2.54. The number of pyridine rings is 1. The average molecular weight is 438 g/mol. The fourth-order valence-corrected chi connectivity index (χ4v) is 6.43. The van der Waals surface area contributed by atoms with Gasteiger partial charge in [0.15, 0.2) is 5.78 Å². The molecule has 0 unspecified atom stereocenters. The third-order valence-corrected chi connectivity index (χ3v) is 7.48. The number of carbonyl (C=O) groups excluding carboxylic acids is 2. The highest BCUT2D eigenvalue weighted by molar-refractivity contribution is 6.30. The Hall–Kier alpha value is -2.40. The van der Waals surface area contributed by atoms with E-state index in [1.165, 1.54) is 38.5 Å². The molecule has 31 heavy (non-hydrogen) atoms. The van der Waals surface area contributed by atoms with E-state index < -0.39 is 0 Å². The number of aromatic nitrogens is 1. The first kappa shape index (κ1) is 20.5. The first-order chi connectivity index (χ1) is 15.0. The highest BCUT2D eigenvalue weighted by Crippen LogP contribution is 2.56. The van der Waals surface area contributed by atoms with E-state index >= 15 is 0 Å². The molecule has 0 atom stereocenters. The molecule has 4 bridgehead atoms. The van der Waals surface area contributed by atoms with Crippen LogP contribution in [-0.2, 0) is 4.79 Å². The van der Waals surface area contributed by atoms with Gasteiger partial charge in [-0.25, -0.2) is 4.98 Å². The van der Waals surface area contributed by atoms with Crippen molar-refractivity contribution in [2.24, 2.45) is 17.8 Å². The Balaban J connectivity index is 1.13. The molecule has 5 nitrogen and oxygen atoms in total. The van der Waals surface area contributed by atoms with Crippen molar-refractivity contribution in [2.75, 3.05) is 10.6 Å². The van der Waals surface area contributed by atoms with E-state index in [4.69, 9.17) is 11.6 Å². The quantitative estimate of drug-likeness (QED) is 0.543. The largest absolute Gasteiger partial charge is 0.365 e. The van der Waals surface area contributed by atoms with Gasteiger partial charge in [-0.3, -0.25) is 9.59 Å². The number of amides is 1. The number of hydrogen-bond acceptors (Lipinski definition) is 4. The summed E-state index contributed by atoms with van der Waals surface area (Å²) in [6, 6.07) is 10.6. The monoisotopic (exact) mass is 437 g/mol. The molecule has 4 aliphatic rings. The first-order valence-electron chi connectivity index (χ1n) is 11.3. The first-order valence-corrected chi connectivity index (χ1v) is 11.7. The molecule has 0 saturated heterocycles. The van der Waals surface area contributed by atoms with Crippen LogP contribution in [0.4, 0.5) is 11.5 Å². The van der Waals surface area contributed by atoms with Crippen LogP contribution >= 0.6 is 11.6 Å². The van der Waals surface area contributed by atoms with E-state index in [2.05, 4.69) is 15.6 Å². The Bertz CT molecular complexity index is 936. The summed E-state index contributed by atoms with van der Waals surface area (Å²) in [5, 5.41) is 7.18. The van der Waals surface area contributed by atoms with Gasteiger partial charge in [-0.2, -0.15) is 0 Å². The second-order valence-corrected chi connectivity index (χ2v) is 10.2. The van der Waals surface area contributed by atoms with E-state index in [1.807, 2.05) is 12.1 Å². The fraction of sp³-hybridized carbons (Fsp3) is 0.480. The third-order valence-electron chi connectivity index (χ3n) is 7.22. The van der Waals surface area contributed by atoms with Crippen LogP contribution in [0.5, 0.6) is 0 Å². The average Bonchev–Trinajstić information content (AvgIpc) is 2.73. The molecular weight excluding hydrogens is 410 g/mol. The number of rotatable bonds is 7. The highest BCUT2D eigenvalue weighted by Gasteiger charge is 2.51. The van der Waals surface area contributed by atoms with E-state index in [1.54, 1.807) is 30.5 Å². The minimum atomic E-state index is -0.189. The van der Waals surface area contributed by atoms with Crippen LogP contribution in [0.2, 0.25) is 5.02 Å². The second-order valence-electron chi connectivity index (χ2n) is 9.73. The number of carbonyl (C=O) groups is 2. The van der Waals surface area contributed by atoms with Crippen molar-refractivity contribution < 1.29 is 9.59 Å². The van der Waals surface area contributed by atoms with Gasteiger partial charge in [-0.1, -0.05) is 11.6 Å². The number of hydrogen-bond donors (Lipinski definition) is 2. The Morgan fingerprint density at radius 3 is 2.16 bits per heavy atom. The van der Waals surface area contributed by atoms with Gasteiger partial charge >= 0.3 is 0 Å². The number of Topliss-reactive ketones (excluding diaryl/α,β-unsaturated/α-hetero) is 1. The maximum atomic E-state index is 12.3. The van der Waals surface area contributed by atoms with Gasteiger partial charge in [-0.05, 0) is 92.7 Å². The van der Waals surface area contributed by atoms with Crippen LogP contribution in [0.3, 0.4) is 0 Å². The number of nitrogens with one attached hydrogen (secondary N) is 2. The van der Waals surface area contributed by atoms with Crippen molar-refractivity contribution in [3.63, 3.8) is 0 Å². The van der Waals surface area contributed by atoms with Crippen molar-refractivity contribution >= 4 is 34.8 Å². The maximum Gasteiger partial charge on any atom is 0.224 e. The summed E-state index contributed by atoms with van der Waals surface area (Å²) in [7, 11) is 0. The van der Waals surface area contributed by atoms with Crippen LogP contribution in [0, 0.1) is 17.8 Å². The zero-order valence-corrected chi connectivity index (χ0v) is 18.3. The summed E-state index contributed by atoms with van der Waals surface area (Å²) in [5.41, 5.74) is 1.44. The molecule has 0 radical (unpaired) electrons. The molecule has 0 aliphatic heterocycles. The fourth-order valence-electron chi connectivity index (χ4n) is 6.31. The van der Waals surface area contributed by atoms with Crippen molar-refractivity contribution in [1.29, 1.82) is 0 Å². The summed E-state index contributed by atoms with van der Waals surface area (Å²) in [5.74, 6) is 3.28. The van der Waals surface area contributed by atoms with Gasteiger partial charge in [0.2, 0.25) is 5.91 Å². The second kappa shape index (κ2) is 8.27. The van der Waals surface area contributed by atoms with Crippen molar-refractivity contribution in [3.05, 3.63) is 53.2 Å². The van der Waals surface area contributed by atoms with Crippen LogP contribution in [-0.4, -0.2) is 22.2 Å². The van der Waals surface area contributed by atoms with E-state index in [0.717, 1.165) is 23.6 Å². The molecule has 4 fully saturated rings. The molecule has 1 aromatic carbocycles. The van der Waals surface area contributed by atoms with Crippen LogP contribution < -0.4 is 10.6 Å². The number of nitrogens with zero attached hydrogens (tertiary/aromatic N) is 1. The highest BCUT2D eigenvalue weighted by atomic mass is 35.5. The van der Waals surface area contributed by atoms with Gasteiger partial charge < -0.3 is 10.6 Å². The molecule has 1 amide bonds. The predicted molar refractivity (Wildman–Crippen MR) is 122 cm³/mol. The summed E-state index contributed by atoms with van der Waals surface area (Å²) >= 11 is 5.85. The summed E-state index contributed by atoms with van der Waals surface area (Å²) in [6.07, 6.45) is 10.0. The van der Waals surface area contributed by atoms with Crippen molar-refractivity contribution in [2.45, 2.75) is 56.9 Å². The van der Waals surface area contributed by atoms with Gasteiger partial charge in [0.05, 0.1) is 11.9 Å². The Labute approximate surface area is 188 Å². The molecule has 6 heteroatoms. The summed E-state index contributed by atoms with van der Waals surface area (Å²) in [4.78, 5) is 29.0. The molecule has 4 aliphatic carbocycles. The van der Waals surface area contributed by atoms with Gasteiger partial charge in [0, 0.05) is 29.0 Å². The third kappa shape index (κ3) is 4.62. The number of benzene rings is 1. The lowest BCUT2D eigenvalue weighted by Gasteiger charge is -2.57. The lowest BCUT2D eigenvalue weighted by molar-refractivity contribution is -0.116. The van der Waals surface area contributed by atoms with Crippen LogP contribution in [0.15, 0.2) is 42.6 Å². The molecule has 1 aromatic heterocycles. The standard InChI is InChI=1S/C25H28ClN3O2/c26-20-3-1-19(2-4-20)22(30)6-8-24(31)28-21-5-7-23(27-15-21)29-25-12-16-9-17(13-25)11-18(10-16)14-25/h1-5,7,15-18H,6,8-14H2,(H,27,29)(H,28,31). The number of anilines is 2. The Kier molecular flexibility index (Phi) is 5.47. The number of halogens is 1. The molecule has 2 aromatic rings. The van der Waals surface area contributed by atoms with Crippen molar-refractivity contribution in [1.82, 2.24) is 4.98 Å². The topological polar surface area (TPSA) is 71.1 Å². The lowest BCUT2D eigenvalue weighted by atomic mass is 9.53. The molecular formula is C25H28ClN3O2. The summed E-state index contributed by atoms with van der Waals surface area (Å²) < 4.78 is 0. The Morgan fingerprint density at radius 1 is 0.935 bits per heavy atom. The molecule has 6 rings (SSSR count). The normalized spacial score (nSPS) is 28.4. The molecule has 4 saturated carbocycles. The predicted octanol–water partition coefficient (Wildman–Crippen LogP) is 5.72. The minimum absolute atomic E-state index is 0.0694. The minimum Gasteiger partial charge on any atom is -0.365 e. The molecule has 0 spiro atoms. The van der Waals surface area contributed by atoms with E-state index in [0.29, 0.717) is 16.3 Å². The van der Waals surface area contributed by atoms with Gasteiger partial charge in [0.25, 0.3) is 0 Å². The van der Waals surface area contributed by atoms with Crippen LogP contribution in [0.1, 0.15) is 61.7 Å². The summed E-state index contributed by atoms with van der Waals surface area (Å²) in [6.45, 7) is 0. The van der Waals surface area contributed by atoms with Crippen molar-refractivity contribution in [3.8, 4) is 0 Å². The smallest absolute Gasteiger partial charge is 0.224 e. The molecule has 162 valence electrons. The van der Waals surface area contributed by atoms with Gasteiger partial charge in [-0.15, -0.1) is 0 Å². The zero-order valence-electron chi connectivity index (χ0n) is 17.6. The van der Waals surface area contributed by atoms with E-state index in [9.17, 15) is 9.59 Å². The van der Waals surface area contributed by atoms with Gasteiger partial charge in [0.1, 0.15) is 5.82 Å². The Morgan fingerprint density at radius 2 is 1.58 bits per heavy atom. The van der Waals surface area contributed by atoms with Crippen LogP contribution in [0.25, 0.3) is 0 Å². The van der Waals surface area contributed by atoms with E-state index in [-0.39, 0.29) is 30.1 Å². The molecule has 2 N–H and O–H groups in total. The SMILES string of the molecule is O=C(CCC(=O)c1ccc(Cl)cc1)Nc1ccc(NC23CC4CC(CC(C4)C2)C3)nc1. The maximum absolute atomic E-state index is 12.3. The molecule has 1 heterocycles. The number of ketones is 1.